The maximum Gasteiger partial charge on any atom is 0.391 e. The summed E-state index contributed by atoms with van der Waals surface area (Å²) in [5.74, 6) is -1.31. The molecule has 0 aliphatic heterocycles. The molecule has 1 saturated carbocycles. The molecule has 3 aromatic rings. The van der Waals surface area contributed by atoms with Gasteiger partial charge in [-0.15, -0.1) is 0 Å². The van der Waals surface area contributed by atoms with E-state index in [1.165, 1.54) is 12.1 Å². The number of rotatable bonds is 9. The molecule has 2 N–H and O–H groups in total. The van der Waals surface area contributed by atoms with Crippen LogP contribution in [0.25, 0.3) is 10.8 Å². The van der Waals surface area contributed by atoms with Crippen LogP contribution in [-0.2, 0) is 9.84 Å². The van der Waals surface area contributed by atoms with Crippen LogP contribution < -0.4 is 10.1 Å². The lowest BCUT2D eigenvalue weighted by Gasteiger charge is -2.29. The molecule has 216 valence electrons. The van der Waals surface area contributed by atoms with Crippen LogP contribution in [0, 0.1) is 18.8 Å². The Morgan fingerprint density at radius 2 is 1.77 bits per heavy atom. The van der Waals surface area contributed by atoms with Crippen molar-refractivity contribution in [2.45, 2.75) is 56.6 Å². The summed E-state index contributed by atoms with van der Waals surface area (Å²) in [6.07, 6.45) is -3.05. The first-order valence-corrected chi connectivity index (χ1v) is 14.9. The number of ether oxygens (including phenoxy) is 1. The number of aliphatic hydroxyl groups is 1. The van der Waals surface area contributed by atoms with Gasteiger partial charge in [-0.2, -0.15) is 13.2 Å². The second-order valence-corrected chi connectivity index (χ2v) is 12.5. The molecule has 1 atom stereocenters. The Morgan fingerprint density at radius 3 is 2.38 bits per heavy atom. The van der Waals surface area contributed by atoms with Crippen LogP contribution in [-0.4, -0.2) is 49.6 Å². The summed E-state index contributed by atoms with van der Waals surface area (Å²) >= 11 is 0. The zero-order chi connectivity index (χ0) is 29.1. The number of pyridine rings is 1. The van der Waals surface area contributed by atoms with Gasteiger partial charge in [0, 0.05) is 16.6 Å². The minimum Gasteiger partial charge on any atom is -0.477 e. The van der Waals surface area contributed by atoms with E-state index in [-0.39, 0.29) is 42.6 Å². The standard InChI is InChI=1S/C29H33F3N2O5S/c1-3-40(37,38)24-11-6-20(7-12-24)26(16-35)34-27(36)21-8-13-25-22(15-21)14-18(2)33-28(25)39-17-19-4-9-23(10-5-19)29(30,31)32/h6-8,11-15,19,23,26,35H,3-5,9-10,16-17H2,1-2H3,(H,34,36)/t19?,23?,26-/m1/s1. The van der Waals surface area contributed by atoms with Crippen molar-refractivity contribution in [3.05, 3.63) is 65.4 Å². The number of hydrogen-bond acceptors (Lipinski definition) is 6. The van der Waals surface area contributed by atoms with E-state index in [1.807, 2.05) is 6.07 Å². The van der Waals surface area contributed by atoms with E-state index in [1.54, 1.807) is 44.2 Å². The molecule has 1 aliphatic carbocycles. The Bertz CT molecular complexity index is 1450. The largest absolute Gasteiger partial charge is 0.477 e. The summed E-state index contributed by atoms with van der Waals surface area (Å²) in [5.41, 5.74) is 1.57. The van der Waals surface area contributed by atoms with Crippen molar-refractivity contribution in [2.24, 2.45) is 11.8 Å². The minimum absolute atomic E-state index is 0.0209. The Balaban J connectivity index is 1.45. The molecule has 1 heterocycles. The van der Waals surface area contributed by atoms with Gasteiger partial charge in [0.25, 0.3) is 5.91 Å². The number of alkyl halides is 3. The fourth-order valence-corrected chi connectivity index (χ4v) is 5.89. The van der Waals surface area contributed by atoms with Crippen molar-refractivity contribution < 1.29 is 36.2 Å². The average Bonchev–Trinajstić information content (AvgIpc) is 2.93. The number of aliphatic hydroxyl groups excluding tert-OH is 1. The number of carbonyl (C=O) groups excluding carboxylic acids is 1. The number of nitrogens with zero attached hydrogens (tertiary/aromatic N) is 1. The highest BCUT2D eigenvalue weighted by Crippen LogP contribution is 2.39. The van der Waals surface area contributed by atoms with Gasteiger partial charge in [0.15, 0.2) is 9.84 Å². The van der Waals surface area contributed by atoms with Gasteiger partial charge in [0.1, 0.15) is 0 Å². The molecule has 1 fully saturated rings. The average molecular weight is 579 g/mol. The number of hydrogen-bond donors (Lipinski definition) is 2. The summed E-state index contributed by atoms with van der Waals surface area (Å²) in [5, 5.41) is 14.1. The molecule has 7 nitrogen and oxygen atoms in total. The monoisotopic (exact) mass is 578 g/mol. The van der Waals surface area contributed by atoms with Crippen LogP contribution in [0.4, 0.5) is 13.2 Å². The lowest BCUT2D eigenvalue weighted by Crippen LogP contribution is -2.30. The second-order valence-electron chi connectivity index (χ2n) is 10.3. The Kier molecular flexibility index (Phi) is 9.04. The Hall–Kier alpha value is -3.18. The molecular weight excluding hydrogens is 545 g/mol. The smallest absolute Gasteiger partial charge is 0.391 e. The summed E-state index contributed by atoms with van der Waals surface area (Å²) in [6.45, 7) is 3.24. The van der Waals surface area contributed by atoms with Crippen molar-refractivity contribution in [1.82, 2.24) is 10.3 Å². The third-order valence-electron chi connectivity index (χ3n) is 7.46. The molecule has 0 spiro atoms. The number of carbonyl (C=O) groups is 1. The molecule has 11 heteroatoms. The van der Waals surface area contributed by atoms with Crippen molar-refractivity contribution in [2.75, 3.05) is 19.0 Å². The number of benzene rings is 2. The van der Waals surface area contributed by atoms with Gasteiger partial charge in [-0.05, 0) is 85.9 Å². The summed E-state index contributed by atoms with van der Waals surface area (Å²) in [4.78, 5) is 17.7. The van der Waals surface area contributed by atoms with E-state index in [4.69, 9.17) is 4.74 Å². The van der Waals surface area contributed by atoms with E-state index in [2.05, 4.69) is 10.3 Å². The van der Waals surface area contributed by atoms with Gasteiger partial charge in [0.05, 0.1) is 35.8 Å². The second kappa shape index (κ2) is 12.1. The van der Waals surface area contributed by atoms with Crippen molar-refractivity contribution in [1.29, 1.82) is 0 Å². The zero-order valence-electron chi connectivity index (χ0n) is 22.4. The van der Waals surface area contributed by atoms with Gasteiger partial charge in [-0.3, -0.25) is 4.79 Å². The molecule has 4 rings (SSSR count). The van der Waals surface area contributed by atoms with E-state index >= 15 is 0 Å². The molecular formula is C29H33F3N2O5S. The molecule has 1 amide bonds. The van der Waals surface area contributed by atoms with Gasteiger partial charge in [-0.25, -0.2) is 13.4 Å². The summed E-state index contributed by atoms with van der Waals surface area (Å²) in [7, 11) is -3.37. The quantitative estimate of drug-likeness (QED) is 0.345. The molecule has 1 aromatic heterocycles. The predicted octanol–water partition coefficient (Wildman–Crippen LogP) is 5.55. The van der Waals surface area contributed by atoms with E-state index in [9.17, 15) is 31.5 Å². The third-order valence-corrected chi connectivity index (χ3v) is 9.21. The molecule has 0 bridgehead atoms. The maximum absolute atomic E-state index is 13.1. The van der Waals surface area contributed by atoms with Crippen LogP contribution in [0.5, 0.6) is 5.88 Å². The predicted molar refractivity (Wildman–Crippen MR) is 145 cm³/mol. The summed E-state index contributed by atoms with van der Waals surface area (Å²) < 4.78 is 69.0. The van der Waals surface area contributed by atoms with Crippen LogP contribution in [0.2, 0.25) is 0 Å². The minimum atomic E-state index is -4.15. The third kappa shape index (κ3) is 6.93. The van der Waals surface area contributed by atoms with Crippen molar-refractivity contribution in [3.63, 3.8) is 0 Å². The molecule has 0 radical (unpaired) electrons. The number of aromatic nitrogens is 1. The SMILES string of the molecule is CCS(=O)(=O)c1ccc([C@@H](CO)NC(=O)c2ccc3c(OCC4CCC(C(F)(F)F)CC4)nc(C)cc3c2)cc1. The fraction of sp³-hybridized carbons (Fsp3) is 0.448. The van der Waals surface area contributed by atoms with Gasteiger partial charge < -0.3 is 15.2 Å². The molecule has 2 aromatic carbocycles. The normalized spacial score (nSPS) is 18.9. The lowest BCUT2D eigenvalue weighted by atomic mass is 9.82. The topological polar surface area (TPSA) is 106 Å². The number of sulfone groups is 1. The molecule has 40 heavy (non-hydrogen) atoms. The number of aryl methyl sites for hydroxylation is 1. The van der Waals surface area contributed by atoms with Gasteiger partial charge in [0.2, 0.25) is 5.88 Å². The number of fused-ring (bicyclic) bond motifs is 1. The van der Waals surface area contributed by atoms with E-state index in [0.717, 1.165) is 0 Å². The number of nitrogens with one attached hydrogen (secondary N) is 1. The van der Waals surface area contributed by atoms with E-state index < -0.39 is 33.9 Å². The van der Waals surface area contributed by atoms with Crippen LogP contribution in [0.15, 0.2) is 53.4 Å². The van der Waals surface area contributed by atoms with Crippen LogP contribution >= 0.6 is 0 Å². The molecule has 0 unspecified atom stereocenters. The number of halogens is 3. The fourth-order valence-electron chi connectivity index (χ4n) is 5.01. The Labute approximate surface area is 231 Å². The van der Waals surface area contributed by atoms with Crippen LogP contribution in [0.3, 0.4) is 0 Å². The van der Waals surface area contributed by atoms with Gasteiger partial charge in [-0.1, -0.05) is 19.1 Å². The summed E-state index contributed by atoms with van der Waals surface area (Å²) in [6, 6.07) is 12.1. The maximum atomic E-state index is 13.1. The van der Waals surface area contributed by atoms with Gasteiger partial charge >= 0.3 is 6.18 Å². The lowest BCUT2D eigenvalue weighted by molar-refractivity contribution is -0.184. The first-order chi connectivity index (χ1) is 18.9. The zero-order valence-corrected chi connectivity index (χ0v) is 23.2. The highest BCUT2D eigenvalue weighted by molar-refractivity contribution is 7.91. The Morgan fingerprint density at radius 1 is 1.10 bits per heavy atom. The highest BCUT2D eigenvalue weighted by Gasteiger charge is 2.41. The van der Waals surface area contributed by atoms with E-state index in [0.29, 0.717) is 46.3 Å². The number of amides is 1. The first kappa shape index (κ1) is 29.8. The molecule has 0 saturated heterocycles. The van der Waals surface area contributed by atoms with Crippen molar-refractivity contribution in [3.8, 4) is 5.88 Å². The van der Waals surface area contributed by atoms with Crippen molar-refractivity contribution >= 4 is 26.5 Å². The molecule has 1 aliphatic rings. The first-order valence-electron chi connectivity index (χ1n) is 13.3. The highest BCUT2D eigenvalue weighted by atomic mass is 32.2. The van der Waals surface area contributed by atoms with Crippen LogP contribution in [0.1, 0.15) is 60.3 Å².